The van der Waals surface area contributed by atoms with Gasteiger partial charge in [-0.25, -0.2) is 0 Å². The summed E-state index contributed by atoms with van der Waals surface area (Å²) >= 11 is 2.35. The molecule has 0 aliphatic carbocycles. The summed E-state index contributed by atoms with van der Waals surface area (Å²) in [6.07, 6.45) is 1.24. The molecule has 0 spiro atoms. The van der Waals surface area contributed by atoms with Crippen molar-refractivity contribution in [3.05, 3.63) is 33.4 Å². The molecule has 3 heteroatoms. The Morgan fingerprint density at radius 3 is 2.59 bits per heavy atom. The topological polar surface area (TPSA) is 29.3 Å². The number of halogens is 1. The minimum absolute atomic E-state index is 0.499. The number of nitrogens with two attached hydrogens (primary N) is 1. The van der Waals surface area contributed by atoms with Crippen LogP contribution in [0.5, 0.6) is 0 Å². The normalized spacial score (nSPS) is 27.3. The predicted octanol–water partition coefficient (Wildman–Crippen LogP) is 3.02. The monoisotopic (exact) mass is 344 g/mol. The molecule has 1 fully saturated rings. The predicted molar refractivity (Wildman–Crippen MR) is 80.9 cm³/mol. The number of hydrogen-bond donors (Lipinski definition) is 1. The number of nitrogens with zero attached hydrogens (tertiary/aromatic N) is 1. The van der Waals surface area contributed by atoms with Crippen molar-refractivity contribution in [1.29, 1.82) is 0 Å². The maximum absolute atomic E-state index is 5.79. The molecule has 17 heavy (non-hydrogen) atoms. The van der Waals surface area contributed by atoms with Gasteiger partial charge in [-0.2, -0.15) is 0 Å². The maximum Gasteiger partial charge on any atom is 0.0322 e. The molecule has 3 atom stereocenters. The fraction of sp³-hybridized carbons (Fsp3) is 0.571. The molecule has 1 aromatic rings. The molecule has 1 heterocycles. The number of benzene rings is 1. The van der Waals surface area contributed by atoms with Gasteiger partial charge < -0.3 is 5.73 Å². The van der Waals surface area contributed by atoms with Crippen LogP contribution in [0.3, 0.4) is 0 Å². The fourth-order valence-corrected chi connectivity index (χ4v) is 3.17. The summed E-state index contributed by atoms with van der Waals surface area (Å²) < 4.78 is 1.30. The van der Waals surface area contributed by atoms with Crippen LogP contribution in [0.25, 0.3) is 0 Å². The first-order valence-electron chi connectivity index (χ1n) is 6.33. The van der Waals surface area contributed by atoms with Crippen LogP contribution < -0.4 is 5.73 Å². The molecule has 2 N–H and O–H groups in total. The molecule has 0 bridgehead atoms. The van der Waals surface area contributed by atoms with E-state index < -0.39 is 0 Å². The average molecular weight is 344 g/mol. The minimum atomic E-state index is 0.499. The molecule has 1 aromatic carbocycles. The number of hydrogen-bond acceptors (Lipinski definition) is 2. The first-order valence-corrected chi connectivity index (χ1v) is 7.41. The molecule has 0 radical (unpaired) electrons. The van der Waals surface area contributed by atoms with Gasteiger partial charge in [0.2, 0.25) is 0 Å². The van der Waals surface area contributed by atoms with Crippen LogP contribution in [0.2, 0.25) is 0 Å². The SMILES string of the molecule is CC1CC(CN)CN1C(C)c1ccc(I)cc1. The zero-order chi connectivity index (χ0) is 12.4. The Morgan fingerprint density at radius 2 is 2.06 bits per heavy atom. The summed E-state index contributed by atoms with van der Waals surface area (Å²) in [5.74, 6) is 0.677. The standard InChI is InChI=1S/C14H21IN2/c1-10-7-12(8-16)9-17(10)11(2)13-3-5-14(15)6-4-13/h3-6,10-12H,7-9,16H2,1-2H3. The third kappa shape index (κ3) is 3.01. The summed E-state index contributed by atoms with van der Waals surface area (Å²) in [7, 11) is 0. The smallest absolute Gasteiger partial charge is 0.0322 e. The van der Waals surface area contributed by atoms with Gasteiger partial charge in [0.15, 0.2) is 0 Å². The van der Waals surface area contributed by atoms with E-state index >= 15 is 0 Å². The van der Waals surface area contributed by atoms with E-state index in [0.717, 1.165) is 13.1 Å². The van der Waals surface area contributed by atoms with Gasteiger partial charge >= 0.3 is 0 Å². The highest BCUT2D eigenvalue weighted by Crippen LogP contribution is 2.31. The van der Waals surface area contributed by atoms with Crippen molar-refractivity contribution in [3.8, 4) is 0 Å². The van der Waals surface area contributed by atoms with Crippen molar-refractivity contribution >= 4 is 22.6 Å². The van der Waals surface area contributed by atoms with Crippen LogP contribution in [0.1, 0.15) is 31.9 Å². The number of rotatable bonds is 3. The largest absolute Gasteiger partial charge is 0.330 e. The first kappa shape index (κ1) is 13.3. The van der Waals surface area contributed by atoms with Crippen LogP contribution in [0.15, 0.2) is 24.3 Å². The lowest BCUT2D eigenvalue weighted by Crippen LogP contribution is -2.30. The second-order valence-corrected chi connectivity index (χ2v) is 6.36. The zero-order valence-electron chi connectivity index (χ0n) is 10.6. The highest BCUT2D eigenvalue weighted by Gasteiger charge is 2.31. The molecule has 2 nitrogen and oxygen atoms in total. The van der Waals surface area contributed by atoms with Gasteiger partial charge in [0.1, 0.15) is 0 Å². The van der Waals surface area contributed by atoms with Gasteiger partial charge in [0, 0.05) is 22.2 Å². The molecule has 2 rings (SSSR count). The highest BCUT2D eigenvalue weighted by molar-refractivity contribution is 14.1. The molecule has 1 aliphatic heterocycles. The van der Waals surface area contributed by atoms with E-state index in [1.807, 2.05) is 0 Å². The van der Waals surface area contributed by atoms with Crippen molar-refractivity contribution in [3.63, 3.8) is 0 Å². The van der Waals surface area contributed by atoms with Crippen LogP contribution in [0.4, 0.5) is 0 Å². The third-order valence-corrected chi connectivity index (χ3v) is 4.61. The lowest BCUT2D eigenvalue weighted by molar-refractivity contribution is 0.200. The quantitative estimate of drug-likeness (QED) is 0.854. The maximum atomic E-state index is 5.79. The Kier molecular flexibility index (Phi) is 4.44. The summed E-state index contributed by atoms with van der Waals surface area (Å²) in [6.45, 7) is 6.58. The molecule has 1 saturated heterocycles. The molecule has 0 aromatic heterocycles. The van der Waals surface area contributed by atoms with E-state index in [1.165, 1.54) is 15.6 Å². The van der Waals surface area contributed by atoms with E-state index in [0.29, 0.717) is 18.0 Å². The molecule has 3 unspecified atom stereocenters. The summed E-state index contributed by atoms with van der Waals surface area (Å²) in [6, 6.07) is 10.0. The van der Waals surface area contributed by atoms with Gasteiger partial charge in [-0.3, -0.25) is 4.90 Å². The fourth-order valence-electron chi connectivity index (χ4n) is 2.81. The van der Waals surface area contributed by atoms with Crippen molar-refractivity contribution in [2.45, 2.75) is 32.4 Å². The Balaban J connectivity index is 2.09. The highest BCUT2D eigenvalue weighted by atomic mass is 127. The molecule has 0 amide bonds. The molecule has 94 valence electrons. The second-order valence-electron chi connectivity index (χ2n) is 5.11. The van der Waals surface area contributed by atoms with Gasteiger partial charge in [-0.05, 0) is 73.0 Å². The molecule has 0 saturated carbocycles. The first-order chi connectivity index (χ1) is 8.11. The Hall–Kier alpha value is -0.130. The molecular weight excluding hydrogens is 323 g/mol. The third-order valence-electron chi connectivity index (χ3n) is 3.89. The van der Waals surface area contributed by atoms with Gasteiger partial charge in [-0.1, -0.05) is 12.1 Å². The van der Waals surface area contributed by atoms with Gasteiger partial charge in [-0.15, -0.1) is 0 Å². The van der Waals surface area contributed by atoms with Crippen LogP contribution in [-0.4, -0.2) is 24.0 Å². The van der Waals surface area contributed by atoms with Crippen molar-refractivity contribution in [2.24, 2.45) is 11.7 Å². The van der Waals surface area contributed by atoms with E-state index in [2.05, 4.69) is 65.6 Å². The van der Waals surface area contributed by atoms with Crippen molar-refractivity contribution in [2.75, 3.05) is 13.1 Å². The summed E-state index contributed by atoms with van der Waals surface area (Å²) in [5, 5.41) is 0. The van der Waals surface area contributed by atoms with Crippen LogP contribution in [-0.2, 0) is 0 Å². The Morgan fingerprint density at radius 1 is 1.41 bits per heavy atom. The number of likely N-dealkylation sites (tertiary alicyclic amines) is 1. The molecule has 1 aliphatic rings. The van der Waals surface area contributed by atoms with Crippen LogP contribution in [0, 0.1) is 9.49 Å². The summed E-state index contributed by atoms with van der Waals surface area (Å²) in [4.78, 5) is 2.58. The lowest BCUT2D eigenvalue weighted by atomic mass is 10.1. The van der Waals surface area contributed by atoms with Gasteiger partial charge in [0.05, 0.1) is 0 Å². The second kappa shape index (κ2) is 5.67. The molecular formula is C14H21IN2. The average Bonchev–Trinajstić information content (AvgIpc) is 2.71. The Bertz CT molecular complexity index is 363. The van der Waals surface area contributed by atoms with Crippen molar-refractivity contribution < 1.29 is 0 Å². The lowest BCUT2D eigenvalue weighted by Gasteiger charge is -2.29. The van der Waals surface area contributed by atoms with E-state index in [1.54, 1.807) is 0 Å². The summed E-state index contributed by atoms with van der Waals surface area (Å²) in [5.41, 5.74) is 7.20. The zero-order valence-corrected chi connectivity index (χ0v) is 12.7. The van der Waals surface area contributed by atoms with Gasteiger partial charge in [0.25, 0.3) is 0 Å². The van der Waals surface area contributed by atoms with Crippen molar-refractivity contribution in [1.82, 2.24) is 4.90 Å². The minimum Gasteiger partial charge on any atom is -0.330 e. The van der Waals surface area contributed by atoms with E-state index in [-0.39, 0.29) is 0 Å². The van der Waals surface area contributed by atoms with Crippen LogP contribution >= 0.6 is 22.6 Å². The Labute approximate surface area is 118 Å². The van der Waals surface area contributed by atoms with E-state index in [4.69, 9.17) is 5.73 Å². The van der Waals surface area contributed by atoms with E-state index in [9.17, 15) is 0 Å².